The number of amides is 1. The molecule has 0 aromatic heterocycles. The van der Waals surface area contributed by atoms with Crippen LogP contribution in [0.3, 0.4) is 0 Å². The minimum Gasteiger partial charge on any atom is -0.493 e. The first-order valence-corrected chi connectivity index (χ1v) is 7.78. The molecule has 2 aromatic rings. The van der Waals surface area contributed by atoms with Gasteiger partial charge < -0.3 is 19.5 Å². The van der Waals surface area contributed by atoms with Gasteiger partial charge in [-0.15, -0.1) is 0 Å². The van der Waals surface area contributed by atoms with Crippen molar-refractivity contribution in [2.75, 3.05) is 25.1 Å². The predicted octanol–water partition coefficient (Wildman–Crippen LogP) is 3.39. The Bertz CT molecular complexity index is 703. The first-order chi connectivity index (χ1) is 11.7. The minimum absolute atomic E-state index is 0.174. The highest BCUT2D eigenvalue weighted by molar-refractivity contribution is 5.91. The molecule has 3 rings (SSSR count). The maximum absolute atomic E-state index is 12.8. The summed E-state index contributed by atoms with van der Waals surface area (Å²) in [6.45, 7) is 1.43. The van der Waals surface area contributed by atoms with E-state index in [2.05, 4.69) is 5.32 Å². The first-order valence-electron chi connectivity index (χ1n) is 7.78. The zero-order valence-electron chi connectivity index (χ0n) is 13.1. The number of hydrogen-bond acceptors (Lipinski definition) is 4. The molecule has 6 heteroatoms. The lowest BCUT2D eigenvalue weighted by Gasteiger charge is -2.11. The zero-order valence-corrected chi connectivity index (χ0v) is 13.1. The summed E-state index contributed by atoms with van der Waals surface area (Å²) < 4.78 is 29.3. The fourth-order valence-electron chi connectivity index (χ4n) is 2.26. The van der Waals surface area contributed by atoms with Crippen molar-refractivity contribution in [2.24, 2.45) is 0 Å². The van der Waals surface area contributed by atoms with Gasteiger partial charge in [-0.3, -0.25) is 4.79 Å². The number of hydrogen-bond donors (Lipinski definition) is 1. The monoisotopic (exact) mass is 331 g/mol. The number of ether oxygens (including phenoxy) is 3. The molecule has 24 heavy (non-hydrogen) atoms. The summed E-state index contributed by atoms with van der Waals surface area (Å²) in [5, 5.41) is 2.79. The van der Waals surface area contributed by atoms with Gasteiger partial charge in [0.05, 0.1) is 26.2 Å². The average molecular weight is 331 g/mol. The number of nitrogens with one attached hydrogen (secondary N) is 1. The molecule has 1 amide bonds. The number of carbonyl (C=O) groups excluding carboxylic acids is 1. The second-order valence-electron chi connectivity index (χ2n) is 5.31. The highest BCUT2D eigenvalue weighted by atomic mass is 19.1. The van der Waals surface area contributed by atoms with Gasteiger partial charge in [-0.05, 0) is 36.4 Å². The van der Waals surface area contributed by atoms with Gasteiger partial charge in [-0.25, -0.2) is 4.39 Å². The maximum atomic E-state index is 12.8. The third-order valence-electron chi connectivity index (χ3n) is 3.44. The van der Waals surface area contributed by atoms with Gasteiger partial charge in [-0.1, -0.05) is 0 Å². The topological polar surface area (TPSA) is 56.8 Å². The second kappa shape index (κ2) is 7.68. The Morgan fingerprint density at radius 3 is 2.62 bits per heavy atom. The summed E-state index contributed by atoms with van der Waals surface area (Å²) in [5.41, 5.74) is 0.644. The fourth-order valence-corrected chi connectivity index (χ4v) is 2.26. The number of benzene rings is 2. The average Bonchev–Trinajstić information content (AvgIpc) is 2.81. The summed E-state index contributed by atoms with van der Waals surface area (Å²) in [6, 6.07) is 11.0. The number of rotatable bonds is 5. The quantitative estimate of drug-likeness (QED) is 0.912. The number of halogens is 1. The minimum atomic E-state index is -0.325. The smallest absolute Gasteiger partial charge is 0.227 e. The highest BCUT2D eigenvalue weighted by Gasteiger charge is 2.12. The van der Waals surface area contributed by atoms with Crippen molar-refractivity contribution in [2.45, 2.75) is 12.8 Å². The standard InChI is InChI=1S/C18H18FNO4/c19-13-2-5-15(6-3-13)22-11-8-18(21)20-14-4-7-16-17(12-14)24-10-1-9-23-16/h2-7,12H,1,8-11H2,(H,20,21). The zero-order chi connectivity index (χ0) is 16.8. The SMILES string of the molecule is O=C(CCOc1ccc(F)cc1)Nc1ccc2c(c1)OCCCO2. The lowest BCUT2D eigenvalue weighted by molar-refractivity contribution is -0.116. The second-order valence-corrected chi connectivity index (χ2v) is 5.31. The van der Waals surface area contributed by atoms with E-state index < -0.39 is 0 Å². The van der Waals surface area contributed by atoms with E-state index in [1.54, 1.807) is 18.2 Å². The van der Waals surface area contributed by atoms with E-state index in [-0.39, 0.29) is 24.8 Å². The van der Waals surface area contributed by atoms with Crippen LogP contribution in [0.15, 0.2) is 42.5 Å². The van der Waals surface area contributed by atoms with Crippen LogP contribution in [0.5, 0.6) is 17.2 Å². The molecule has 0 bridgehead atoms. The fraction of sp³-hybridized carbons (Fsp3) is 0.278. The molecule has 0 aliphatic carbocycles. The van der Waals surface area contributed by atoms with Crippen molar-refractivity contribution in [1.29, 1.82) is 0 Å². The maximum Gasteiger partial charge on any atom is 0.227 e. The number of fused-ring (bicyclic) bond motifs is 1. The van der Waals surface area contributed by atoms with Crippen LogP contribution in [0.4, 0.5) is 10.1 Å². The highest BCUT2D eigenvalue weighted by Crippen LogP contribution is 2.32. The first kappa shape index (κ1) is 16.1. The molecule has 1 aliphatic heterocycles. The lowest BCUT2D eigenvalue weighted by Crippen LogP contribution is -2.15. The summed E-state index contributed by atoms with van der Waals surface area (Å²) in [4.78, 5) is 12.0. The van der Waals surface area contributed by atoms with Gasteiger partial charge >= 0.3 is 0 Å². The van der Waals surface area contributed by atoms with E-state index in [1.807, 2.05) is 0 Å². The number of anilines is 1. The Hall–Kier alpha value is -2.76. The Kier molecular flexibility index (Phi) is 5.15. The molecule has 0 spiro atoms. The molecular weight excluding hydrogens is 313 g/mol. The van der Waals surface area contributed by atoms with Crippen molar-refractivity contribution in [3.8, 4) is 17.2 Å². The molecule has 0 radical (unpaired) electrons. The van der Waals surface area contributed by atoms with Crippen LogP contribution in [0.25, 0.3) is 0 Å². The molecule has 5 nitrogen and oxygen atoms in total. The van der Waals surface area contributed by atoms with E-state index in [0.717, 1.165) is 6.42 Å². The van der Waals surface area contributed by atoms with Crippen molar-refractivity contribution in [3.05, 3.63) is 48.3 Å². The van der Waals surface area contributed by atoms with Gasteiger partial charge in [0.1, 0.15) is 11.6 Å². The normalized spacial score (nSPS) is 13.0. The summed E-state index contributed by atoms with van der Waals surface area (Å²) in [6.07, 6.45) is 1.02. The molecule has 2 aromatic carbocycles. The van der Waals surface area contributed by atoms with Gasteiger partial charge in [0.2, 0.25) is 5.91 Å². The van der Waals surface area contributed by atoms with E-state index in [9.17, 15) is 9.18 Å². The van der Waals surface area contributed by atoms with E-state index in [0.29, 0.717) is 36.1 Å². The molecule has 1 N–H and O–H groups in total. The molecule has 0 saturated carbocycles. The summed E-state index contributed by atoms with van der Waals surface area (Å²) in [7, 11) is 0. The van der Waals surface area contributed by atoms with E-state index >= 15 is 0 Å². The van der Waals surface area contributed by atoms with Crippen LogP contribution in [-0.2, 0) is 4.79 Å². The predicted molar refractivity (Wildman–Crippen MR) is 87.2 cm³/mol. The molecule has 126 valence electrons. The Balaban J connectivity index is 1.49. The van der Waals surface area contributed by atoms with Crippen molar-refractivity contribution in [3.63, 3.8) is 0 Å². The summed E-state index contributed by atoms with van der Waals surface area (Å²) >= 11 is 0. The van der Waals surface area contributed by atoms with E-state index in [4.69, 9.17) is 14.2 Å². The molecule has 0 unspecified atom stereocenters. The van der Waals surface area contributed by atoms with Crippen LogP contribution in [-0.4, -0.2) is 25.7 Å². The van der Waals surface area contributed by atoms with Gasteiger partial charge in [0.15, 0.2) is 11.5 Å². The molecule has 0 atom stereocenters. The third kappa shape index (κ3) is 4.38. The molecule has 0 saturated heterocycles. The van der Waals surface area contributed by atoms with Crippen LogP contribution in [0.1, 0.15) is 12.8 Å². The van der Waals surface area contributed by atoms with E-state index in [1.165, 1.54) is 24.3 Å². The van der Waals surface area contributed by atoms with Crippen LogP contribution < -0.4 is 19.5 Å². The van der Waals surface area contributed by atoms with Crippen molar-refractivity contribution < 1.29 is 23.4 Å². The Morgan fingerprint density at radius 1 is 1.08 bits per heavy atom. The Morgan fingerprint density at radius 2 is 1.83 bits per heavy atom. The van der Waals surface area contributed by atoms with Crippen LogP contribution >= 0.6 is 0 Å². The third-order valence-corrected chi connectivity index (χ3v) is 3.44. The van der Waals surface area contributed by atoms with Gasteiger partial charge in [-0.2, -0.15) is 0 Å². The van der Waals surface area contributed by atoms with Crippen molar-refractivity contribution >= 4 is 11.6 Å². The molecule has 0 fully saturated rings. The molecular formula is C18H18FNO4. The van der Waals surface area contributed by atoms with Crippen molar-refractivity contribution in [1.82, 2.24) is 0 Å². The van der Waals surface area contributed by atoms with Gasteiger partial charge in [0.25, 0.3) is 0 Å². The molecule has 1 heterocycles. The Labute approximate surface area is 139 Å². The van der Waals surface area contributed by atoms with Crippen LogP contribution in [0, 0.1) is 5.82 Å². The lowest BCUT2D eigenvalue weighted by atomic mass is 10.2. The number of carbonyl (C=O) groups is 1. The van der Waals surface area contributed by atoms with Crippen LogP contribution in [0.2, 0.25) is 0 Å². The summed E-state index contributed by atoms with van der Waals surface area (Å²) in [5.74, 6) is 1.35. The molecule has 1 aliphatic rings. The van der Waals surface area contributed by atoms with Gasteiger partial charge in [0, 0.05) is 18.2 Å². The largest absolute Gasteiger partial charge is 0.493 e.